The van der Waals surface area contributed by atoms with E-state index in [-0.39, 0.29) is 23.7 Å². The molecule has 0 saturated carbocycles. The van der Waals surface area contributed by atoms with Gasteiger partial charge in [-0.15, -0.1) is 0 Å². The van der Waals surface area contributed by atoms with Gasteiger partial charge in [-0.05, 0) is 69.7 Å². The van der Waals surface area contributed by atoms with E-state index in [1.165, 1.54) is 12.1 Å². The first-order valence-electron chi connectivity index (χ1n) is 11.7. The van der Waals surface area contributed by atoms with Gasteiger partial charge in [0.25, 0.3) is 11.8 Å². The molecule has 0 radical (unpaired) electrons. The zero-order valence-corrected chi connectivity index (χ0v) is 18.8. The molecule has 33 heavy (non-hydrogen) atoms. The van der Waals surface area contributed by atoms with Crippen molar-refractivity contribution in [2.24, 2.45) is 0 Å². The van der Waals surface area contributed by atoms with E-state index in [9.17, 15) is 14.0 Å². The highest BCUT2D eigenvalue weighted by molar-refractivity contribution is 5.98. The van der Waals surface area contributed by atoms with Crippen molar-refractivity contribution in [3.63, 3.8) is 0 Å². The number of hydrogen-bond donors (Lipinski definition) is 1. The molecule has 2 aliphatic rings. The number of carbonyl (C=O) groups is 2. The first-order valence-corrected chi connectivity index (χ1v) is 11.7. The minimum absolute atomic E-state index is 0.0133. The van der Waals surface area contributed by atoms with Crippen molar-refractivity contribution in [3.05, 3.63) is 59.1 Å². The summed E-state index contributed by atoms with van der Waals surface area (Å²) >= 11 is 0. The number of aromatic amines is 1. The molecular formula is C25H28FN5O2. The highest BCUT2D eigenvalue weighted by Crippen LogP contribution is 2.31. The van der Waals surface area contributed by atoms with Crippen molar-refractivity contribution in [3.8, 4) is 0 Å². The summed E-state index contributed by atoms with van der Waals surface area (Å²) in [6.45, 7) is 3.99. The van der Waals surface area contributed by atoms with Crippen LogP contribution in [0.5, 0.6) is 0 Å². The summed E-state index contributed by atoms with van der Waals surface area (Å²) in [5.74, 6) is 0.0731. The maximum atomic E-state index is 13.6. The standard InChI is InChI=1S/C25H28FN5O2/c1-16-19(24(32)30-10-4-2-5-11-30)15-27-23(28-16)22-7-3-6-12-31(22)25(33)21-14-17-13-18(26)8-9-20(17)29-21/h8-9,13-15,22,29H,2-7,10-12H2,1H3. The van der Waals surface area contributed by atoms with Gasteiger partial charge in [0.2, 0.25) is 0 Å². The maximum absolute atomic E-state index is 13.6. The minimum Gasteiger partial charge on any atom is -0.351 e. The van der Waals surface area contributed by atoms with Gasteiger partial charge in [0.15, 0.2) is 5.82 Å². The molecule has 0 aliphatic carbocycles. The van der Waals surface area contributed by atoms with Crippen molar-refractivity contribution in [1.29, 1.82) is 0 Å². The number of fused-ring (bicyclic) bond motifs is 1. The summed E-state index contributed by atoms with van der Waals surface area (Å²) in [4.78, 5) is 42.3. The first-order chi connectivity index (χ1) is 16.0. The number of likely N-dealkylation sites (tertiary alicyclic amines) is 2. The van der Waals surface area contributed by atoms with E-state index < -0.39 is 0 Å². The Bertz CT molecular complexity index is 1200. The number of nitrogens with one attached hydrogen (secondary N) is 1. The number of H-pyrrole nitrogens is 1. The molecule has 1 aromatic carbocycles. The van der Waals surface area contributed by atoms with Gasteiger partial charge in [0, 0.05) is 36.7 Å². The molecule has 7 nitrogen and oxygen atoms in total. The molecule has 2 fully saturated rings. The van der Waals surface area contributed by atoms with E-state index in [0.717, 1.165) is 57.1 Å². The van der Waals surface area contributed by atoms with Crippen LogP contribution in [0, 0.1) is 12.7 Å². The van der Waals surface area contributed by atoms with E-state index in [4.69, 9.17) is 0 Å². The van der Waals surface area contributed by atoms with Crippen LogP contribution in [0.15, 0.2) is 30.5 Å². The first kappa shape index (κ1) is 21.6. The Labute approximate surface area is 192 Å². The molecule has 0 spiro atoms. The molecule has 4 heterocycles. The molecule has 2 aliphatic heterocycles. The van der Waals surface area contributed by atoms with Crippen LogP contribution in [0.3, 0.4) is 0 Å². The van der Waals surface area contributed by atoms with Crippen molar-refractivity contribution >= 4 is 22.7 Å². The summed E-state index contributed by atoms with van der Waals surface area (Å²) < 4.78 is 13.6. The predicted molar refractivity (Wildman–Crippen MR) is 122 cm³/mol. The van der Waals surface area contributed by atoms with Crippen LogP contribution < -0.4 is 0 Å². The lowest BCUT2D eigenvalue weighted by atomic mass is 10.0. The number of nitrogens with zero attached hydrogens (tertiary/aromatic N) is 4. The molecule has 3 aromatic rings. The third kappa shape index (κ3) is 4.21. The molecule has 2 saturated heterocycles. The predicted octanol–water partition coefficient (Wildman–Crippen LogP) is 4.40. The zero-order chi connectivity index (χ0) is 22.9. The fourth-order valence-corrected chi connectivity index (χ4v) is 4.94. The molecule has 1 atom stereocenters. The Kier molecular flexibility index (Phi) is 5.83. The Morgan fingerprint density at radius 3 is 2.61 bits per heavy atom. The fraction of sp³-hybridized carbons (Fsp3) is 0.440. The van der Waals surface area contributed by atoms with E-state index in [1.54, 1.807) is 23.2 Å². The largest absolute Gasteiger partial charge is 0.351 e. The van der Waals surface area contributed by atoms with Crippen molar-refractivity contribution < 1.29 is 14.0 Å². The number of benzene rings is 1. The summed E-state index contributed by atoms with van der Waals surface area (Å²) in [6, 6.07) is 5.87. The zero-order valence-electron chi connectivity index (χ0n) is 18.8. The number of amides is 2. The van der Waals surface area contributed by atoms with E-state index in [1.807, 2.05) is 11.8 Å². The fourth-order valence-electron chi connectivity index (χ4n) is 4.94. The van der Waals surface area contributed by atoms with Gasteiger partial charge in [-0.3, -0.25) is 9.59 Å². The Morgan fingerprint density at radius 1 is 1.03 bits per heavy atom. The van der Waals surface area contributed by atoms with Crippen LogP contribution in [0.2, 0.25) is 0 Å². The number of rotatable bonds is 3. The highest BCUT2D eigenvalue weighted by atomic mass is 19.1. The van der Waals surface area contributed by atoms with Crippen molar-refractivity contribution in [2.75, 3.05) is 19.6 Å². The second kappa shape index (κ2) is 8.92. The van der Waals surface area contributed by atoms with Crippen LogP contribution in [-0.4, -0.2) is 56.2 Å². The molecule has 2 amide bonds. The number of hydrogen-bond acceptors (Lipinski definition) is 4. The topological polar surface area (TPSA) is 82.2 Å². The Morgan fingerprint density at radius 2 is 1.82 bits per heavy atom. The van der Waals surface area contributed by atoms with Gasteiger partial charge in [-0.1, -0.05) is 0 Å². The van der Waals surface area contributed by atoms with Crippen LogP contribution in [0.4, 0.5) is 4.39 Å². The summed E-state index contributed by atoms with van der Waals surface area (Å²) in [5.41, 5.74) is 2.33. The molecular weight excluding hydrogens is 421 g/mol. The molecule has 172 valence electrons. The van der Waals surface area contributed by atoms with Crippen molar-refractivity contribution in [1.82, 2.24) is 24.8 Å². The van der Waals surface area contributed by atoms with E-state index >= 15 is 0 Å². The quantitative estimate of drug-likeness (QED) is 0.643. The SMILES string of the molecule is Cc1nc(C2CCCCN2C(=O)c2cc3cc(F)ccc3[nH]2)ncc1C(=O)N1CCCCC1. The number of aromatic nitrogens is 3. The summed E-state index contributed by atoms with van der Waals surface area (Å²) in [7, 11) is 0. The number of piperidine rings is 2. The van der Waals surface area contributed by atoms with Gasteiger partial charge >= 0.3 is 0 Å². The van der Waals surface area contributed by atoms with Gasteiger partial charge < -0.3 is 14.8 Å². The molecule has 0 bridgehead atoms. The van der Waals surface area contributed by atoms with Crippen molar-refractivity contribution in [2.45, 2.75) is 51.5 Å². The number of aryl methyl sites for hydroxylation is 1. The van der Waals surface area contributed by atoms with Gasteiger partial charge in [0.1, 0.15) is 11.5 Å². The lowest BCUT2D eigenvalue weighted by Crippen LogP contribution is -2.40. The maximum Gasteiger partial charge on any atom is 0.270 e. The second-order valence-corrected chi connectivity index (χ2v) is 9.00. The Balaban J connectivity index is 1.40. The van der Waals surface area contributed by atoms with E-state index in [0.29, 0.717) is 34.7 Å². The normalized spacial score (nSPS) is 19.2. The lowest BCUT2D eigenvalue weighted by molar-refractivity contribution is 0.0592. The van der Waals surface area contributed by atoms with Gasteiger partial charge in [0.05, 0.1) is 17.3 Å². The van der Waals surface area contributed by atoms with Crippen LogP contribution in [0.1, 0.15) is 76.9 Å². The second-order valence-electron chi connectivity index (χ2n) is 9.00. The minimum atomic E-state index is -0.334. The average Bonchev–Trinajstić information content (AvgIpc) is 3.27. The lowest BCUT2D eigenvalue weighted by Gasteiger charge is -2.34. The van der Waals surface area contributed by atoms with E-state index in [2.05, 4.69) is 15.0 Å². The van der Waals surface area contributed by atoms with Gasteiger partial charge in [-0.2, -0.15) is 0 Å². The highest BCUT2D eigenvalue weighted by Gasteiger charge is 2.32. The summed E-state index contributed by atoms with van der Waals surface area (Å²) in [5, 5.41) is 0.666. The molecule has 8 heteroatoms. The Hall–Kier alpha value is -3.29. The molecule has 5 rings (SSSR count). The third-order valence-corrected chi connectivity index (χ3v) is 6.75. The van der Waals surface area contributed by atoms with Crippen LogP contribution >= 0.6 is 0 Å². The number of carbonyl (C=O) groups excluding carboxylic acids is 2. The van der Waals surface area contributed by atoms with Crippen LogP contribution in [-0.2, 0) is 0 Å². The molecule has 2 aromatic heterocycles. The number of halogens is 1. The molecule has 1 unspecified atom stereocenters. The van der Waals surface area contributed by atoms with Crippen LogP contribution in [0.25, 0.3) is 10.9 Å². The molecule has 1 N–H and O–H groups in total. The monoisotopic (exact) mass is 449 g/mol. The summed E-state index contributed by atoms with van der Waals surface area (Å²) in [6.07, 6.45) is 7.49. The smallest absolute Gasteiger partial charge is 0.270 e. The average molecular weight is 450 g/mol. The van der Waals surface area contributed by atoms with Gasteiger partial charge in [-0.25, -0.2) is 14.4 Å². The third-order valence-electron chi connectivity index (χ3n) is 6.75.